The van der Waals surface area contributed by atoms with E-state index in [1.165, 1.54) is 4.90 Å². The van der Waals surface area contributed by atoms with Crippen molar-refractivity contribution >= 4 is 6.09 Å². The average molecular weight is 239 g/mol. The highest BCUT2D eigenvalue weighted by Crippen LogP contribution is 2.35. The van der Waals surface area contributed by atoms with Crippen molar-refractivity contribution in [1.29, 1.82) is 0 Å². The minimum absolute atomic E-state index is 0.129. The molecule has 5 heteroatoms. The summed E-state index contributed by atoms with van der Waals surface area (Å²) in [6, 6.07) is 0. The van der Waals surface area contributed by atoms with Crippen molar-refractivity contribution in [3.63, 3.8) is 0 Å². The molecule has 1 aliphatic carbocycles. The van der Waals surface area contributed by atoms with Crippen LogP contribution < -0.4 is 0 Å². The molecule has 0 aromatic carbocycles. The summed E-state index contributed by atoms with van der Waals surface area (Å²) in [6.45, 7) is 2.99. The molecule has 1 N–H and O–H groups in total. The van der Waals surface area contributed by atoms with Gasteiger partial charge in [0.05, 0.1) is 24.7 Å². The molecule has 1 aliphatic heterocycles. The third-order valence-corrected chi connectivity index (χ3v) is 3.49. The number of ether oxygens (including phenoxy) is 2. The Morgan fingerprint density at radius 2 is 2.06 bits per heavy atom. The van der Waals surface area contributed by atoms with Crippen LogP contribution in [0.4, 0.5) is 4.79 Å². The molecule has 1 heterocycles. The summed E-state index contributed by atoms with van der Waals surface area (Å²) in [7, 11) is 1.56. The summed E-state index contributed by atoms with van der Waals surface area (Å²) in [4.78, 5) is 12.4. The molecule has 94 valence electrons. The van der Waals surface area contributed by atoms with Gasteiger partial charge in [0, 0.05) is 7.05 Å². The van der Waals surface area contributed by atoms with Crippen LogP contribution in [0.5, 0.6) is 0 Å². The fraction of sp³-hybridized carbons (Fsp3) is 0.583. The zero-order chi connectivity index (χ0) is 12.5. The summed E-state index contributed by atoms with van der Waals surface area (Å²) in [5.74, 6) is -0.129. The van der Waals surface area contributed by atoms with E-state index in [1.54, 1.807) is 7.05 Å². The van der Waals surface area contributed by atoms with Crippen LogP contribution in [0.3, 0.4) is 0 Å². The molecule has 2 unspecified atom stereocenters. The first kappa shape index (κ1) is 12.1. The van der Waals surface area contributed by atoms with E-state index in [4.69, 9.17) is 14.6 Å². The van der Waals surface area contributed by atoms with Gasteiger partial charge in [-0.3, -0.25) is 0 Å². The van der Waals surface area contributed by atoms with Gasteiger partial charge in [0.2, 0.25) is 0 Å². The molecule has 0 spiro atoms. The molecule has 0 radical (unpaired) electrons. The van der Waals surface area contributed by atoms with Crippen molar-refractivity contribution in [2.45, 2.75) is 18.8 Å². The molecule has 1 fully saturated rings. The lowest BCUT2D eigenvalue weighted by molar-refractivity contribution is -0.0975. The number of hydrogen-bond acceptors (Lipinski definition) is 3. The maximum Gasteiger partial charge on any atom is 0.407 e. The first-order valence-corrected chi connectivity index (χ1v) is 5.61. The predicted molar refractivity (Wildman–Crippen MR) is 61.7 cm³/mol. The SMILES string of the molecule is CN(C(=O)O)C1(C)C=CC=CC1C1OCCO1. The van der Waals surface area contributed by atoms with Crippen molar-refractivity contribution in [3.8, 4) is 0 Å². The Morgan fingerprint density at radius 1 is 1.41 bits per heavy atom. The van der Waals surface area contributed by atoms with Crippen LogP contribution in [-0.4, -0.2) is 48.2 Å². The quantitative estimate of drug-likeness (QED) is 0.792. The van der Waals surface area contributed by atoms with Gasteiger partial charge in [0.15, 0.2) is 6.29 Å². The van der Waals surface area contributed by atoms with Crippen molar-refractivity contribution in [2.24, 2.45) is 5.92 Å². The fourth-order valence-corrected chi connectivity index (χ4v) is 2.23. The highest BCUT2D eigenvalue weighted by Gasteiger charge is 2.44. The molecule has 0 aromatic heterocycles. The van der Waals surface area contributed by atoms with E-state index >= 15 is 0 Å². The van der Waals surface area contributed by atoms with E-state index in [9.17, 15) is 4.79 Å². The second-order valence-electron chi connectivity index (χ2n) is 4.45. The van der Waals surface area contributed by atoms with Gasteiger partial charge < -0.3 is 19.5 Å². The number of hydrogen-bond donors (Lipinski definition) is 1. The third-order valence-electron chi connectivity index (χ3n) is 3.49. The van der Waals surface area contributed by atoms with E-state index in [-0.39, 0.29) is 12.2 Å². The van der Waals surface area contributed by atoms with Gasteiger partial charge in [-0.2, -0.15) is 0 Å². The van der Waals surface area contributed by atoms with E-state index in [1.807, 2.05) is 31.2 Å². The highest BCUT2D eigenvalue weighted by molar-refractivity contribution is 5.66. The molecular formula is C12H17NO4. The Hall–Kier alpha value is -1.33. The number of carbonyl (C=O) groups is 1. The van der Waals surface area contributed by atoms with Crippen LogP contribution >= 0.6 is 0 Å². The molecule has 17 heavy (non-hydrogen) atoms. The molecule has 5 nitrogen and oxygen atoms in total. The summed E-state index contributed by atoms with van der Waals surface area (Å²) in [6.07, 6.45) is 6.23. The number of amides is 1. The number of nitrogens with zero attached hydrogens (tertiary/aromatic N) is 1. The largest absolute Gasteiger partial charge is 0.465 e. The molecule has 2 rings (SSSR count). The summed E-state index contributed by atoms with van der Waals surface area (Å²) in [5, 5.41) is 9.15. The van der Waals surface area contributed by atoms with Crippen molar-refractivity contribution < 1.29 is 19.4 Å². The van der Waals surface area contributed by atoms with Crippen LogP contribution in [-0.2, 0) is 9.47 Å². The summed E-state index contributed by atoms with van der Waals surface area (Å²) >= 11 is 0. The van der Waals surface area contributed by atoms with E-state index in [2.05, 4.69) is 0 Å². The van der Waals surface area contributed by atoms with E-state index < -0.39 is 11.6 Å². The Kier molecular flexibility index (Phi) is 3.22. The topological polar surface area (TPSA) is 59.0 Å². The Bertz CT molecular complexity index is 360. The molecule has 0 bridgehead atoms. The monoisotopic (exact) mass is 239 g/mol. The second kappa shape index (κ2) is 4.50. The Labute approximate surface area is 100 Å². The van der Waals surface area contributed by atoms with Gasteiger partial charge in [-0.1, -0.05) is 24.3 Å². The summed E-state index contributed by atoms with van der Waals surface area (Å²) in [5.41, 5.74) is -0.643. The van der Waals surface area contributed by atoms with Gasteiger partial charge >= 0.3 is 6.09 Å². The highest BCUT2D eigenvalue weighted by atomic mass is 16.7. The lowest BCUT2D eigenvalue weighted by Gasteiger charge is -2.42. The normalized spacial score (nSPS) is 32.9. The van der Waals surface area contributed by atoms with Crippen LogP contribution in [0, 0.1) is 5.92 Å². The van der Waals surface area contributed by atoms with Crippen molar-refractivity contribution in [3.05, 3.63) is 24.3 Å². The Balaban J connectivity index is 2.25. The maximum atomic E-state index is 11.2. The molecule has 2 atom stereocenters. The van der Waals surface area contributed by atoms with E-state index in [0.29, 0.717) is 13.2 Å². The fourth-order valence-electron chi connectivity index (χ4n) is 2.23. The maximum absolute atomic E-state index is 11.2. The van der Waals surface area contributed by atoms with Gasteiger partial charge in [0.25, 0.3) is 0 Å². The zero-order valence-corrected chi connectivity index (χ0v) is 10.00. The van der Waals surface area contributed by atoms with Crippen molar-refractivity contribution in [2.75, 3.05) is 20.3 Å². The number of rotatable bonds is 2. The van der Waals surface area contributed by atoms with Gasteiger partial charge in [-0.15, -0.1) is 0 Å². The van der Waals surface area contributed by atoms with Crippen LogP contribution in [0.15, 0.2) is 24.3 Å². The minimum atomic E-state index is -0.963. The lowest BCUT2D eigenvalue weighted by atomic mass is 9.80. The Morgan fingerprint density at radius 3 is 2.65 bits per heavy atom. The van der Waals surface area contributed by atoms with Gasteiger partial charge in [0.1, 0.15) is 0 Å². The molecule has 1 saturated heterocycles. The number of likely N-dealkylation sites (N-methyl/N-ethyl adjacent to an activating group) is 1. The van der Waals surface area contributed by atoms with Crippen molar-refractivity contribution in [1.82, 2.24) is 4.90 Å². The first-order chi connectivity index (χ1) is 8.05. The molecular weight excluding hydrogens is 222 g/mol. The minimum Gasteiger partial charge on any atom is -0.465 e. The lowest BCUT2D eigenvalue weighted by Crippen LogP contribution is -2.54. The molecule has 0 saturated carbocycles. The van der Waals surface area contributed by atoms with Crippen LogP contribution in [0.1, 0.15) is 6.92 Å². The summed E-state index contributed by atoms with van der Waals surface area (Å²) < 4.78 is 11.0. The molecule has 0 aromatic rings. The second-order valence-corrected chi connectivity index (χ2v) is 4.45. The number of carboxylic acid groups (broad SMARTS) is 1. The standard InChI is InChI=1S/C12H17NO4/c1-12(13(2)11(14)15)6-4-3-5-9(12)10-16-7-8-17-10/h3-6,9-10H,7-8H2,1-2H3,(H,14,15). The van der Waals surface area contributed by atoms with Gasteiger partial charge in [-0.25, -0.2) is 4.79 Å². The predicted octanol–water partition coefficient (Wildman–Crippen LogP) is 1.47. The number of allylic oxidation sites excluding steroid dienone is 2. The smallest absolute Gasteiger partial charge is 0.407 e. The van der Waals surface area contributed by atoms with Crippen LogP contribution in [0.2, 0.25) is 0 Å². The molecule has 1 amide bonds. The van der Waals surface area contributed by atoms with Gasteiger partial charge in [-0.05, 0) is 6.92 Å². The first-order valence-electron chi connectivity index (χ1n) is 5.61. The van der Waals surface area contributed by atoms with Crippen LogP contribution in [0.25, 0.3) is 0 Å². The third kappa shape index (κ3) is 2.08. The zero-order valence-electron chi connectivity index (χ0n) is 10.00. The average Bonchev–Trinajstić information content (AvgIpc) is 2.81. The molecule has 2 aliphatic rings. The van der Waals surface area contributed by atoms with E-state index in [0.717, 1.165) is 0 Å².